The minimum Gasteiger partial charge on any atom is -0.310 e. The lowest BCUT2D eigenvalue weighted by Crippen LogP contribution is -2.39. The van der Waals surface area contributed by atoms with Crippen LogP contribution in [0.4, 0.5) is 4.39 Å². The van der Waals surface area contributed by atoms with E-state index >= 15 is 0 Å². The van der Waals surface area contributed by atoms with Gasteiger partial charge < -0.3 is 9.88 Å². The normalized spacial score (nSPS) is 22.3. The number of hydrogen-bond donors (Lipinski definition) is 1. The fraction of sp³-hybridized carbons (Fsp3) is 0.524. The van der Waals surface area contributed by atoms with Crippen molar-refractivity contribution in [2.75, 3.05) is 33.2 Å². The summed E-state index contributed by atoms with van der Waals surface area (Å²) >= 11 is 0. The van der Waals surface area contributed by atoms with Crippen LogP contribution in [0.2, 0.25) is 0 Å². The highest BCUT2D eigenvalue weighted by Gasteiger charge is 2.32. The summed E-state index contributed by atoms with van der Waals surface area (Å²) in [5.74, 6) is 0.321. The van der Waals surface area contributed by atoms with Crippen LogP contribution in [-0.2, 0) is 10.0 Å². The fourth-order valence-corrected chi connectivity index (χ4v) is 5.86. The Kier molecular flexibility index (Phi) is 6.04. The Balaban J connectivity index is 1.56. The van der Waals surface area contributed by atoms with Gasteiger partial charge in [-0.3, -0.25) is 4.79 Å². The summed E-state index contributed by atoms with van der Waals surface area (Å²) < 4.78 is 40.6. The van der Waals surface area contributed by atoms with Gasteiger partial charge in [0, 0.05) is 31.0 Å². The highest BCUT2D eigenvalue weighted by molar-refractivity contribution is 7.89. The van der Waals surface area contributed by atoms with Crippen LogP contribution in [0.1, 0.15) is 49.0 Å². The number of nitrogens with one attached hydrogen (secondary N) is 1. The number of rotatable bonds is 4. The summed E-state index contributed by atoms with van der Waals surface area (Å²) in [6.45, 7) is 2.60. The zero-order valence-corrected chi connectivity index (χ0v) is 17.9. The molecule has 2 aliphatic heterocycles. The maximum atomic E-state index is 13.2. The number of halogens is 1. The van der Waals surface area contributed by atoms with E-state index in [4.69, 9.17) is 4.98 Å². The number of benzene rings is 1. The molecule has 1 atom stereocenters. The number of H-pyrrole nitrogens is 1. The molecule has 4 rings (SSSR count). The van der Waals surface area contributed by atoms with E-state index in [2.05, 4.69) is 16.9 Å². The maximum absolute atomic E-state index is 13.2. The lowest BCUT2D eigenvalue weighted by Gasteiger charge is -2.32. The predicted octanol–water partition coefficient (Wildman–Crippen LogP) is 2.29. The first-order chi connectivity index (χ1) is 14.3. The average molecular weight is 435 g/mol. The molecule has 0 bridgehead atoms. The van der Waals surface area contributed by atoms with Gasteiger partial charge in [0.05, 0.1) is 10.6 Å². The first kappa shape index (κ1) is 21.1. The van der Waals surface area contributed by atoms with Crippen LogP contribution in [0, 0.1) is 5.82 Å². The van der Waals surface area contributed by atoms with Gasteiger partial charge in [-0.15, -0.1) is 0 Å². The van der Waals surface area contributed by atoms with Gasteiger partial charge >= 0.3 is 0 Å². The molecule has 1 aromatic carbocycles. The Bertz CT molecular complexity index is 1050. The van der Waals surface area contributed by atoms with E-state index in [1.54, 1.807) is 0 Å². The van der Waals surface area contributed by atoms with Crippen LogP contribution in [-0.4, -0.2) is 60.8 Å². The summed E-state index contributed by atoms with van der Waals surface area (Å²) in [5.41, 5.74) is 0.471. The van der Waals surface area contributed by atoms with Gasteiger partial charge in [0.15, 0.2) is 0 Å². The minimum atomic E-state index is -3.72. The summed E-state index contributed by atoms with van der Waals surface area (Å²) in [7, 11) is -1.63. The Hall–Kier alpha value is -2.10. The van der Waals surface area contributed by atoms with Crippen molar-refractivity contribution in [1.82, 2.24) is 19.2 Å². The van der Waals surface area contributed by atoms with Gasteiger partial charge in [-0.25, -0.2) is 17.8 Å². The summed E-state index contributed by atoms with van der Waals surface area (Å²) in [6, 6.07) is 6.38. The quantitative estimate of drug-likeness (QED) is 0.798. The van der Waals surface area contributed by atoms with E-state index in [0.717, 1.165) is 44.5 Å². The average Bonchev–Trinajstić information content (AvgIpc) is 2.74. The molecule has 2 aromatic rings. The highest BCUT2D eigenvalue weighted by Crippen LogP contribution is 2.30. The SMILES string of the molecule is CN1CCC(c2nc([C@@H]3CCCN(S(=O)(=O)c4ccc(F)cc4)C3)cc(=O)[nH]2)CC1. The number of likely N-dealkylation sites (tertiary alicyclic amines) is 1. The van der Waals surface area contributed by atoms with Crippen LogP contribution in [0.25, 0.3) is 0 Å². The second kappa shape index (κ2) is 8.56. The third-order valence-corrected chi connectivity index (χ3v) is 8.02. The van der Waals surface area contributed by atoms with Crippen molar-refractivity contribution in [3.63, 3.8) is 0 Å². The van der Waals surface area contributed by atoms with Gasteiger partial charge in [-0.2, -0.15) is 4.31 Å². The van der Waals surface area contributed by atoms with Crippen LogP contribution >= 0.6 is 0 Å². The molecule has 1 aromatic heterocycles. The molecule has 3 heterocycles. The molecule has 7 nitrogen and oxygen atoms in total. The molecule has 2 fully saturated rings. The van der Waals surface area contributed by atoms with Gasteiger partial charge in [0.1, 0.15) is 11.6 Å². The zero-order chi connectivity index (χ0) is 21.3. The third kappa shape index (κ3) is 4.48. The molecule has 9 heteroatoms. The van der Waals surface area contributed by atoms with Gasteiger partial charge in [0.25, 0.3) is 5.56 Å². The lowest BCUT2D eigenvalue weighted by molar-refractivity contribution is 0.250. The molecule has 0 spiro atoms. The molecule has 2 saturated heterocycles. The van der Waals surface area contributed by atoms with E-state index in [1.807, 2.05) is 0 Å². The monoisotopic (exact) mass is 434 g/mol. The Morgan fingerprint density at radius 1 is 1.07 bits per heavy atom. The van der Waals surface area contributed by atoms with Crippen molar-refractivity contribution in [2.24, 2.45) is 0 Å². The molecule has 0 saturated carbocycles. The van der Waals surface area contributed by atoms with Crippen LogP contribution in [0.3, 0.4) is 0 Å². The molecule has 162 valence electrons. The molecule has 0 unspecified atom stereocenters. The fourth-order valence-electron chi connectivity index (χ4n) is 4.34. The third-order valence-electron chi connectivity index (χ3n) is 6.14. The van der Waals surface area contributed by atoms with E-state index in [0.29, 0.717) is 24.5 Å². The molecule has 1 N–H and O–H groups in total. The topological polar surface area (TPSA) is 86.4 Å². The highest BCUT2D eigenvalue weighted by atomic mass is 32.2. The molecular formula is C21H27FN4O3S. The smallest absolute Gasteiger partial charge is 0.251 e. The zero-order valence-electron chi connectivity index (χ0n) is 17.1. The number of piperidine rings is 2. The molecule has 30 heavy (non-hydrogen) atoms. The number of hydrogen-bond acceptors (Lipinski definition) is 5. The van der Waals surface area contributed by atoms with Gasteiger partial charge in [0.2, 0.25) is 10.0 Å². The van der Waals surface area contributed by atoms with Crippen molar-refractivity contribution < 1.29 is 12.8 Å². The van der Waals surface area contributed by atoms with Crippen LogP contribution in [0.15, 0.2) is 40.0 Å². The van der Waals surface area contributed by atoms with Crippen molar-refractivity contribution in [3.05, 3.63) is 58.0 Å². The van der Waals surface area contributed by atoms with Gasteiger partial charge in [-0.05, 0) is 70.1 Å². The largest absolute Gasteiger partial charge is 0.310 e. The summed E-state index contributed by atoms with van der Waals surface area (Å²) in [4.78, 5) is 22.3. The lowest BCUT2D eigenvalue weighted by atomic mass is 9.94. The molecular weight excluding hydrogens is 407 g/mol. The Morgan fingerprint density at radius 2 is 1.77 bits per heavy atom. The van der Waals surface area contributed by atoms with Crippen LogP contribution in [0.5, 0.6) is 0 Å². The number of nitrogens with zero attached hydrogens (tertiary/aromatic N) is 3. The number of sulfonamides is 1. The van der Waals surface area contributed by atoms with Crippen molar-refractivity contribution in [3.8, 4) is 0 Å². The van der Waals surface area contributed by atoms with E-state index in [9.17, 15) is 17.6 Å². The second-order valence-corrected chi connectivity index (χ2v) is 10.2. The van der Waals surface area contributed by atoms with E-state index in [1.165, 1.54) is 22.5 Å². The number of aromatic amines is 1. The standard InChI is InChI=1S/C21H27FN4O3S/c1-25-11-8-15(9-12-25)21-23-19(13-20(27)24-21)16-3-2-10-26(14-16)30(28,29)18-6-4-17(22)5-7-18/h4-7,13,15-16H,2-3,8-12,14H2,1H3,(H,23,24,27)/t16-/m1/s1. The predicted molar refractivity (Wildman–Crippen MR) is 111 cm³/mol. The first-order valence-corrected chi connectivity index (χ1v) is 11.8. The number of aromatic nitrogens is 2. The minimum absolute atomic E-state index is 0.0791. The van der Waals surface area contributed by atoms with E-state index in [-0.39, 0.29) is 28.8 Å². The van der Waals surface area contributed by atoms with Crippen LogP contribution < -0.4 is 5.56 Å². The molecule has 0 radical (unpaired) electrons. The van der Waals surface area contributed by atoms with Crippen molar-refractivity contribution >= 4 is 10.0 Å². The Morgan fingerprint density at radius 3 is 2.47 bits per heavy atom. The molecule has 2 aliphatic rings. The van der Waals surface area contributed by atoms with E-state index < -0.39 is 15.8 Å². The Labute approximate surface area is 176 Å². The molecule has 0 aliphatic carbocycles. The maximum Gasteiger partial charge on any atom is 0.251 e. The summed E-state index contributed by atoms with van der Waals surface area (Å²) in [5, 5.41) is 0. The van der Waals surface area contributed by atoms with Crippen molar-refractivity contribution in [2.45, 2.75) is 42.4 Å². The van der Waals surface area contributed by atoms with Crippen molar-refractivity contribution in [1.29, 1.82) is 0 Å². The molecule has 0 amide bonds. The summed E-state index contributed by atoms with van der Waals surface area (Å²) in [6.07, 6.45) is 3.35. The second-order valence-electron chi connectivity index (χ2n) is 8.29. The first-order valence-electron chi connectivity index (χ1n) is 10.4. The van der Waals surface area contributed by atoms with Gasteiger partial charge in [-0.1, -0.05) is 0 Å².